The molecule has 2 aliphatic heterocycles. The fraction of sp³-hybridized carbons (Fsp3) is 0.636. The SMILES string of the molecule is C[C@@H]1CN(CC(=O)N2CC(C)(C)c3c(Cl)cccc32)CCN1C(=O)OC(C)(C)C. The Balaban J connectivity index is 1.64. The summed E-state index contributed by atoms with van der Waals surface area (Å²) in [5, 5.41) is 0.711. The smallest absolute Gasteiger partial charge is 0.410 e. The monoisotopic (exact) mass is 421 g/mol. The van der Waals surface area contributed by atoms with Crippen molar-refractivity contribution < 1.29 is 14.3 Å². The minimum atomic E-state index is -0.513. The van der Waals surface area contributed by atoms with Gasteiger partial charge in [-0.3, -0.25) is 9.69 Å². The lowest BCUT2D eigenvalue weighted by Crippen LogP contribution is -2.56. The summed E-state index contributed by atoms with van der Waals surface area (Å²) in [5.74, 6) is 0.0667. The molecule has 7 heteroatoms. The maximum atomic E-state index is 13.1. The number of carbonyl (C=O) groups is 2. The number of fused-ring (bicyclic) bond motifs is 1. The Morgan fingerprint density at radius 2 is 1.93 bits per heavy atom. The van der Waals surface area contributed by atoms with Crippen LogP contribution in [0.4, 0.5) is 10.5 Å². The first kappa shape index (κ1) is 21.9. The van der Waals surface area contributed by atoms with Gasteiger partial charge in [0.15, 0.2) is 0 Å². The van der Waals surface area contributed by atoms with E-state index in [-0.39, 0.29) is 23.5 Å². The van der Waals surface area contributed by atoms with Crippen LogP contribution in [0.15, 0.2) is 18.2 Å². The van der Waals surface area contributed by atoms with Gasteiger partial charge in [0.25, 0.3) is 0 Å². The topological polar surface area (TPSA) is 53.1 Å². The van der Waals surface area contributed by atoms with Crippen molar-refractivity contribution in [2.24, 2.45) is 0 Å². The highest BCUT2D eigenvalue weighted by Gasteiger charge is 2.40. The van der Waals surface area contributed by atoms with Gasteiger partial charge in [-0.15, -0.1) is 0 Å². The first-order valence-electron chi connectivity index (χ1n) is 10.2. The first-order chi connectivity index (χ1) is 13.4. The van der Waals surface area contributed by atoms with Crippen LogP contribution in [0, 0.1) is 0 Å². The molecule has 1 saturated heterocycles. The molecular weight excluding hydrogens is 390 g/mol. The summed E-state index contributed by atoms with van der Waals surface area (Å²) in [6, 6.07) is 5.73. The van der Waals surface area contributed by atoms with Crippen LogP contribution in [0.2, 0.25) is 5.02 Å². The third kappa shape index (κ3) is 4.69. The number of halogens is 1. The van der Waals surface area contributed by atoms with Crippen molar-refractivity contribution in [1.82, 2.24) is 9.80 Å². The molecular formula is C22H32ClN3O3. The van der Waals surface area contributed by atoms with Gasteiger partial charge in [0.1, 0.15) is 5.60 Å². The van der Waals surface area contributed by atoms with Crippen LogP contribution in [-0.4, -0.2) is 66.2 Å². The molecule has 2 amide bonds. The minimum absolute atomic E-state index is 0.0110. The van der Waals surface area contributed by atoms with Crippen molar-refractivity contribution >= 4 is 29.3 Å². The maximum Gasteiger partial charge on any atom is 0.410 e. The van der Waals surface area contributed by atoms with Crippen LogP contribution in [0.5, 0.6) is 0 Å². The molecule has 1 aromatic rings. The van der Waals surface area contributed by atoms with Crippen molar-refractivity contribution in [3.05, 3.63) is 28.8 Å². The Labute approximate surface area is 178 Å². The average molecular weight is 422 g/mol. The van der Waals surface area contributed by atoms with E-state index in [1.165, 1.54) is 0 Å². The predicted octanol–water partition coefficient (Wildman–Crippen LogP) is 3.91. The van der Waals surface area contributed by atoms with Gasteiger partial charge in [-0.25, -0.2) is 4.79 Å². The summed E-state index contributed by atoms with van der Waals surface area (Å²) in [6.07, 6.45) is -0.291. The molecule has 0 unspecified atom stereocenters. The fourth-order valence-electron chi connectivity index (χ4n) is 4.23. The average Bonchev–Trinajstić information content (AvgIpc) is 2.86. The van der Waals surface area contributed by atoms with Gasteiger partial charge in [0.05, 0.1) is 6.54 Å². The van der Waals surface area contributed by atoms with Gasteiger partial charge in [-0.05, 0) is 39.8 Å². The lowest BCUT2D eigenvalue weighted by Gasteiger charge is -2.40. The largest absolute Gasteiger partial charge is 0.444 e. The number of hydrogen-bond donors (Lipinski definition) is 0. The lowest BCUT2D eigenvalue weighted by molar-refractivity contribution is -0.120. The molecule has 2 heterocycles. The fourth-order valence-corrected chi connectivity index (χ4v) is 4.66. The third-order valence-electron chi connectivity index (χ3n) is 5.51. The number of hydrogen-bond acceptors (Lipinski definition) is 4. The molecule has 0 aromatic heterocycles. The predicted molar refractivity (Wildman–Crippen MR) is 116 cm³/mol. The molecule has 0 bridgehead atoms. The summed E-state index contributed by atoms with van der Waals surface area (Å²) in [6.45, 7) is 14.6. The second-order valence-corrected chi connectivity index (χ2v) is 10.2. The van der Waals surface area contributed by atoms with E-state index in [1.807, 2.05) is 50.8 Å². The van der Waals surface area contributed by atoms with Gasteiger partial charge >= 0.3 is 6.09 Å². The summed E-state index contributed by atoms with van der Waals surface area (Å²) in [5.41, 5.74) is 1.26. The second-order valence-electron chi connectivity index (χ2n) is 9.76. The molecule has 2 aliphatic rings. The van der Waals surface area contributed by atoms with Gasteiger partial charge in [-0.2, -0.15) is 0 Å². The zero-order valence-electron chi connectivity index (χ0n) is 18.3. The minimum Gasteiger partial charge on any atom is -0.444 e. The highest BCUT2D eigenvalue weighted by molar-refractivity contribution is 6.32. The van der Waals surface area contributed by atoms with Crippen LogP contribution in [-0.2, 0) is 14.9 Å². The van der Waals surface area contributed by atoms with Crippen molar-refractivity contribution in [3.63, 3.8) is 0 Å². The maximum absolute atomic E-state index is 13.1. The molecule has 1 aromatic carbocycles. The standard InChI is InChI=1S/C22H32ClN3O3/c1-15-12-24(10-11-25(15)20(28)29-21(2,3)4)13-18(27)26-14-22(5,6)19-16(23)8-7-9-17(19)26/h7-9,15H,10-14H2,1-6H3/t15-/m1/s1. The third-order valence-corrected chi connectivity index (χ3v) is 5.83. The zero-order chi connectivity index (χ0) is 21.6. The number of carbonyl (C=O) groups excluding carboxylic acids is 2. The van der Waals surface area contributed by atoms with E-state index in [4.69, 9.17) is 16.3 Å². The molecule has 0 spiro atoms. The Hall–Kier alpha value is -1.79. The number of piperazine rings is 1. The summed E-state index contributed by atoms with van der Waals surface area (Å²) < 4.78 is 5.50. The van der Waals surface area contributed by atoms with Crippen molar-refractivity contribution in [2.45, 2.75) is 58.6 Å². The molecule has 1 fully saturated rings. The van der Waals surface area contributed by atoms with Gasteiger partial charge < -0.3 is 14.5 Å². The van der Waals surface area contributed by atoms with E-state index in [2.05, 4.69) is 18.7 Å². The summed E-state index contributed by atoms with van der Waals surface area (Å²) in [7, 11) is 0. The molecule has 3 rings (SSSR count). The second kappa shape index (κ2) is 7.80. The molecule has 0 saturated carbocycles. The van der Waals surface area contributed by atoms with Crippen molar-refractivity contribution in [3.8, 4) is 0 Å². The van der Waals surface area contributed by atoms with Crippen LogP contribution >= 0.6 is 11.6 Å². The van der Waals surface area contributed by atoms with Crippen LogP contribution in [0.25, 0.3) is 0 Å². The number of anilines is 1. The van der Waals surface area contributed by atoms with Crippen molar-refractivity contribution in [2.75, 3.05) is 37.6 Å². The van der Waals surface area contributed by atoms with E-state index in [0.29, 0.717) is 37.7 Å². The molecule has 0 aliphatic carbocycles. The normalized spacial score (nSPS) is 21.8. The first-order valence-corrected chi connectivity index (χ1v) is 10.6. The van der Waals surface area contributed by atoms with Crippen molar-refractivity contribution in [1.29, 1.82) is 0 Å². The quantitative estimate of drug-likeness (QED) is 0.726. The van der Waals surface area contributed by atoms with Gasteiger partial charge in [-0.1, -0.05) is 31.5 Å². The molecule has 6 nitrogen and oxygen atoms in total. The van der Waals surface area contributed by atoms with Gasteiger partial charge in [0, 0.05) is 53.9 Å². The van der Waals surface area contributed by atoms with E-state index in [0.717, 1.165) is 11.3 Å². The molecule has 29 heavy (non-hydrogen) atoms. The number of nitrogens with zero attached hydrogens (tertiary/aromatic N) is 3. The number of ether oxygens (including phenoxy) is 1. The zero-order valence-corrected chi connectivity index (χ0v) is 19.0. The van der Waals surface area contributed by atoms with Crippen LogP contribution < -0.4 is 4.90 Å². The molecule has 0 N–H and O–H groups in total. The van der Waals surface area contributed by atoms with Crippen LogP contribution in [0.1, 0.15) is 47.1 Å². The lowest BCUT2D eigenvalue weighted by atomic mass is 9.87. The number of benzene rings is 1. The van der Waals surface area contributed by atoms with E-state index < -0.39 is 5.60 Å². The van der Waals surface area contributed by atoms with Gasteiger partial charge in [0.2, 0.25) is 5.91 Å². The molecule has 0 radical (unpaired) electrons. The highest BCUT2D eigenvalue weighted by Crippen LogP contribution is 2.44. The summed E-state index contributed by atoms with van der Waals surface area (Å²) >= 11 is 6.43. The Morgan fingerprint density at radius 3 is 2.55 bits per heavy atom. The van der Waals surface area contributed by atoms with E-state index in [9.17, 15) is 9.59 Å². The number of amides is 2. The van der Waals surface area contributed by atoms with E-state index in [1.54, 1.807) is 4.90 Å². The Morgan fingerprint density at radius 1 is 1.24 bits per heavy atom. The Kier molecular flexibility index (Phi) is 5.89. The molecule has 1 atom stereocenters. The molecule has 160 valence electrons. The highest BCUT2D eigenvalue weighted by atomic mass is 35.5. The van der Waals surface area contributed by atoms with E-state index >= 15 is 0 Å². The van der Waals surface area contributed by atoms with Crippen LogP contribution in [0.3, 0.4) is 0 Å². The summed E-state index contributed by atoms with van der Waals surface area (Å²) in [4.78, 5) is 31.2. The Bertz CT molecular complexity index is 803. The number of rotatable bonds is 2.